The van der Waals surface area contributed by atoms with Gasteiger partial charge in [0.05, 0.1) is 6.04 Å². The van der Waals surface area contributed by atoms with E-state index >= 15 is 0 Å². The second-order valence-corrected chi connectivity index (χ2v) is 15.1. The lowest BCUT2D eigenvalue weighted by molar-refractivity contribution is 0.247. The van der Waals surface area contributed by atoms with Crippen molar-refractivity contribution >= 4 is 22.4 Å². The zero-order chi connectivity index (χ0) is 32.0. The number of aromatic nitrogens is 1. The molecular formula is C39H49N3O2. The zero-order valence-electron chi connectivity index (χ0n) is 28.1. The summed E-state index contributed by atoms with van der Waals surface area (Å²) >= 11 is 0. The Morgan fingerprint density at radius 2 is 1.43 bits per heavy atom. The molecule has 0 saturated heterocycles. The van der Waals surface area contributed by atoms with Crippen LogP contribution in [0.2, 0.25) is 0 Å². The van der Waals surface area contributed by atoms with Crippen molar-refractivity contribution in [1.29, 1.82) is 0 Å². The number of amidine groups is 1. The quantitative estimate of drug-likeness (QED) is 0.232. The van der Waals surface area contributed by atoms with E-state index < -0.39 is 0 Å². The summed E-state index contributed by atoms with van der Waals surface area (Å²) in [5.74, 6) is 3.71. The Hall–Kier alpha value is -3.86. The van der Waals surface area contributed by atoms with Crippen LogP contribution in [0.15, 0.2) is 77.8 Å². The highest BCUT2D eigenvalue weighted by Gasteiger charge is 2.36. The molecule has 1 aromatic heterocycles. The average molecular weight is 592 g/mol. The van der Waals surface area contributed by atoms with Crippen LogP contribution >= 0.6 is 0 Å². The fourth-order valence-electron chi connectivity index (χ4n) is 6.49. The van der Waals surface area contributed by atoms with Gasteiger partial charge in [-0.3, -0.25) is 4.99 Å². The third kappa shape index (κ3) is 6.62. The zero-order valence-corrected chi connectivity index (χ0v) is 28.1. The topological polar surface area (TPSA) is 58.0 Å². The molecule has 1 aliphatic heterocycles. The number of fused-ring (bicyclic) bond motifs is 1. The number of phenols is 1. The van der Waals surface area contributed by atoms with E-state index in [4.69, 9.17) is 9.73 Å². The highest BCUT2D eigenvalue weighted by Crippen LogP contribution is 2.38. The number of aromatic hydroxyl groups is 1. The molecule has 4 aromatic rings. The second kappa shape index (κ2) is 11.9. The van der Waals surface area contributed by atoms with Gasteiger partial charge in [-0.05, 0) is 76.1 Å². The SMILES string of the molecule is CC(C)C(C(C)C)[C@H]1CN(c2cc(C(C)(C)C)cc(C(C)(C)C)c2)C(c2cccc(Oc3ccc4cccc(O)c4n3)c2)=N1. The van der Waals surface area contributed by atoms with Crippen molar-refractivity contribution in [1.82, 2.24) is 4.98 Å². The van der Waals surface area contributed by atoms with Crippen molar-refractivity contribution in [3.8, 4) is 17.4 Å². The van der Waals surface area contributed by atoms with Crippen LogP contribution in [0.3, 0.4) is 0 Å². The number of aliphatic imine (C=N–C) groups is 1. The maximum absolute atomic E-state index is 10.3. The first-order valence-electron chi connectivity index (χ1n) is 16.0. The molecule has 0 saturated carbocycles. The number of nitrogens with zero attached hydrogens (tertiary/aromatic N) is 3. The van der Waals surface area contributed by atoms with Crippen molar-refractivity contribution < 1.29 is 9.84 Å². The summed E-state index contributed by atoms with van der Waals surface area (Å²) in [5, 5.41) is 11.2. The molecule has 2 heterocycles. The Balaban J connectivity index is 1.59. The van der Waals surface area contributed by atoms with Gasteiger partial charge in [0.2, 0.25) is 5.88 Å². The van der Waals surface area contributed by atoms with Crippen molar-refractivity contribution in [2.75, 3.05) is 11.4 Å². The van der Waals surface area contributed by atoms with Gasteiger partial charge in [0.1, 0.15) is 22.9 Å². The molecule has 1 atom stereocenters. The number of hydrogen-bond donors (Lipinski definition) is 1. The monoisotopic (exact) mass is 591 g/mol. The van der Waals surface area contributed by atoms with Crippen LogP contribution < -0.4 is 9.64 Å². The first kappa shape index (κ1) is 31.6. The summed E-state index contributed by atoms with van der Waals surface area (Å²) in [5.41, 5.74) is 5.41. The van der Waals surface area contributed by atoms with Gasteiger partial charge >= 0.3 is 0 Å². The van der Waals surface area contributed by atoms with Gasteiger partial charge in [-0.25, -0.2) is 4.98 Å². The van der Waals surface area contributed by atoms with Gasteiger partial charge in [-0.1, -0.05) is 99.6 Å². The fourth-order valence-corrected chi connectivity index (χ4v) is 6.49. The molecule has 0 bridgehead atoms. The summed E-state index contributed by atoms with van der Waals surface area (Å²) in [7, 11) is 0. The smallest absolute Gasteiger partial charge is 0.219 e. The van der Waals surface area contributed by atoms with Gasteiger partial charge in [-0.2, -0.15) is 0 Å². The van der Waals surface area contributed by atoms with E-state index in [9.17, 15) is 5.11 Å². The minimum absolute atomic E-state index is 0.0138. The molecule has 3 aromatic carbocycles. The molecule has 0 unspecified atom stereocenters. The lowest BCUT2D eigenvalue weighted by atomic mass is 9.79. The number of anilines is 1. The Labute approximate surface area is 264 Å². The summed E-state index contributed by atoms with van der Waals surface area (Å²) in [4.78, 5) is 12.5. The third-order valence-corrected chi connectivity index (χ3v) is 8.85. The molecule has 1 N–H and O–H groups in total. The van der Waals surface area contributed by atoms with Gasteiger partial charge < -0.3 is 14.7 Å². The summed E-state index contributed by atoms with van der Waals surface area (Å²) < 4.78 is 6.27. The van der Waals surface area contributed by atoms with E-state index in [1.165, 1.54) is 16.8 Å². The first-order chi connectivity index (χ1) is 20.6. The summed E-state index contributed by atoms with van der Waals surface area (Å²) in [6, 6.07) is 24.6. The standard InChI is InChI=1S/C39H49N3O2/c1-24(2)35(25(3)4)32-23-42(30-21-28(38(5,6)7)20-29(22-30)39(8,9)10)37(40-32)27-14-11-15-31(19-27)44-34-18-17-26-13-12-16-33(43)36(26)41-34/h11-22,24-25,32,35,43H,23H2,1-10H3/t32-/m1/s1. The van der Waals surface area contributed by atoms with Crippen molar-refractivity contribution in [2.24, 2.45) is 22.7 Å². The van der Waals surface area contributed by atoms with Crippen LogP contribution in [-0.2, 0) is 10.8 Å². The van der Waals surface area contributed by atoms with Crippen molar-refractivity contribution in [2.45, 2.75) is 86.1 Å². The van der Waals surface area contributed by atoms with Crippen LogP contribution in [0.5, 0.6) is 17.4 Å². The minimum Gasteiger partial charge on any atom is -0.506 e. The van der Waals surface area contributed by atoms with E-state index in [-0.39, 0.29) is 22.6 Å². The largest absolute Gasteiger partial charge is 0.506 e. The maximum Gasteiger partial charge on any atom is 0.219 e. The van der Waals surface area contributed by atoms with Crippen LogP contribution in [0.1, 0.15) is 85.9 Å². The molecule has 0 spiro atoms. The molecule has 0 fully saturated rings. The van der Waals surface area contributed by atoms with Crippen LogP contribution in [0.4, 0.5) is 5.69 Å². The van der Waals surface area contributed by atoms with Crippen LogP contribution in [-0.4, -0.2) is 28.5 Å². The molecular weight excluding hydrogens is 542 g/mol. The molecule has 5 nitrogen and oxygen atoms in total. The molecule has 0 aliphatic carbocycles. The number of ether oxygens (including phenoxy) is 1. The van der Waals surface area contributed by atoms with E-state index in [1.54, 1.807) is 6.07 Å². The van der Waals surface area contributed by atoms with E-state index in [0.29, 0.717) is 34.9 Å². The highest BCUT2D eigenvalue weighted by atomic mass is 16.5. The van der Waals surface area contributed by atoms with Gasteiger partial charge in [0, 0.05) is 29.2 Å². The van der Waals surface area contributed by atoms with Gasteiger partial charge in [0.25, 0.3) is 0 Å². The Morgan fingerprint density at radius 1 is 0.795 bits per heavy atom. The van der Waals surface area contributed by atoms with Crippen LogP contribution in [0.25, 0.3) is 10.9 Å². The number of rotatable bonds is 7. The average Bonchev–Trinajstić information content (AvgIpc) is 3.37. The molecule has 232 valence electrons. The Bertz CT molecular complexity index is 1630. The van der Waals surface area contributed by atoms with Crippen molar-refractivity contribution in [3.05, 3.63) is 89.5 Å². The normalized spacial score (nSPS) is 16.0. The van der Waals surface area contributed by atoms with E-state index in [2.05, 4.69) is 109 Å². The summed E-state index contributed by atoms with van der Waals surface area (Å²) in [6.45, 7) is 23.9. The number of pyridine rings is 1. The lowest BCUT2D eigenvalue weighted by Crippen LogP contribution is -2.35. The third-order valence-electron chi connectivity index (χ3n) is 8.85. The van der Waals surface area contributed by atoms with Crippen LogP contribution in [0, 0.1) is 17.8 Å². The second-order valence-electron chi connectivity index (χ2n) is 15.1. The van der Waals surface area contributed by atoms with Gasteiger partial charge in [-0.15, -0.1) is 0 Å². The first-order valence-corrected chi connectivity index (χ1v) is 16.0. The van der Waals surface area contributed by atoms with E-state index in [0.717, 1.165) is 23.3 Å². The maximum atomic E-state index is 10.3. The fraction of sp³-hybridized carbons (Fsp3) is 0.436. The highest BCUT2D eigenvalue weighted by molar-refractivity contribution is 6.11. The molecule has 5 heteroatoms. The predicted molar refractivity (Wildman–Crippen MR) is 185 cm³/mol. The molecule has 5 rings (SSSR count). The molecule has 0 amide bonds. The molecule has 0 radical (unpaired) electrons. The van der Waals surface area contributed by atoms with Gasteiger partial charge in [0.15, 0.2) is 0 Å². The number of phenolic OH excluding ortho intramolecular Hbond substituents is 1. The lowest BCUT2D eigenvalue weighted by Gasteiger charge is -2.31. The molecule has 44 heavy (non-hydrogen) atoms. The van der Waals surface area contributed by atoms with Crippen molar-refractivity contribution in [3.63, 3.8) is 0 Å². The number of hydrogen-bond acceptors (Lipinski definition) is 5. The Morgan fingerprint density at radius 3 is 2.05 bits per heavy atom. The minimum atomic E-state index is 0.0138. The molecule has 1 aliphatic rings. The van der Waals surface area contributed by atoms with E-state index in [1.807, 2.05) is 36.4 Å². The summed E-state index contributed by atoms with van der Waals surface area (Å²) in [6.07, 6.45) is 0. The number of para-hydroxylation sites is 1. The predicted octanol–water partition coefficient (Wildman–Crippen LogP) is 9.89. The Kier molecular flexibility index (Phi) is 8.54. The number of benzene rings is 3.